The Hall–Kier alpha value is -4.09. The van der Waals surface area contributed by atoms with Crippen molar-refractivity contribution in [2.45, 2.75) is 20.0 Å². The largest absolute Gasteiger partial charge is 0.481 e. The molecule has 0 saturated carbocycles. The first-order valence-corrected chi connectivity index (χ1v) is 12.0. The average Bonchev–Trinajstić information content (AvgIpc) is 2.87. The van der Waals surface area contributed by atoms with E-state index in [1.165, 1.54) is 30.5 Å². The number of nitrogens with zero attached hydrogens (tertiary/aromatic N) is 4. The highest BCUT2D eigenvalue weighted by molar-refractivity contribution is 9.10. The van der Waals surface area contributed by atoms with Gasteiger partial charge in [-0.15, -0.1) is 0 Å². The van der Waals surface area contributed by atoms with Crippen molar-refractivity contribution in [1.82, 2.24) is 9.66 Å². The van der Waals surface area contributed by atoms with E-state index in [4.69, 9.17) is 21.4 Å². The van der Waals surface area contributed by atoms with Crippen molar-refractivity contribution >= 4 is 56.3 Å². The average molecular weight is 586 g/mol. The number of rotatable bonds is 8. The summed E-state index contributed by atoms with van der Waals surface area (Å²) in [5.41, 5.74) is 0.560. The van der Waals surface area contributed by atoms with Gasteiger partial charge in [0, 0.05) is 22.5 Å². The van der Waals surface area contributed by atoms with Crippen molar-refractivity contribution in [2.24, 2.45) is 5.10 Å². The van der Waals surface area contributed by atoms with Crippen LogP contribution in [0.2, 0.25) is 5.02 Å². The number of nitro groups is 1. The minimum absolute atomic E-state index is 0.0475. The number of ether oxygens (including phenoxy) is 1. The predicted molar refractivity (Wildman–Crippen MR) is 142 cm³/mol. The van der Waals surface area contributed by atoms with Gasteiger partial charge in [-0.05, 0) is 42.0 Å². The van der Waals surface area contributed by atoms with Gasteiger partial charge in [0.25, 0.3) is 5.56 Å². The number of aromatic carboxylic acids is 1. The smallest absolute Gasteiger partial charge is 0.335 e. The monoisotopic (exact) mass is 584 g/mol. The first-order chi connectivity index (χ1) is 17.7. The quantitative estimate of drug-likeness (QED) is 0.165. The van der Waals surface area contributed by atoms with Gasteiger partial charge >= 0.3 is 11.7 Å². The minimum Gasteiger partial charge on any atom is -0.481 e. The molecule has 0 atom stereocenters. The lowest BCUT2D eigenvalue weighted by Gasteiger charge is -2.10. The highest BCUT2D eigenvalue weighted by Gasteiger charge is 2.21. The summed E-state index contributed by atoms with van der Waals surface area (Å²) in [5.74, 6) is -0.859. The van der Waals surface area contributed by atoms with Gasteiger partial charge in [0.15, 0.2) is 0 Å². The maximum atomic E-state index is 13.1. The maximum Gasteiger partial charge on any atom is 0.335 e. The molecule has 0 bridgehead atoms. The summed E-state index contributed by atoms with van der Waals surface area (Å²) in [6, 6.07) is 13.8. The van der Waals surface area contributed by atoms with Crippen LogP contribution in [0.1, 0.15) is 34.2 Å². The molecule has 37 heavy (non-hydrogen) atoms. The van der Waals surface area contributed by atoms with Crippen LogP contribution in [0.5, 0.6) is 5.75 Å². The summed E-state index contributed by atoms with van der Waals surface area (Å²) in [4.78, 5) is 39.8. The first kappa shape index (κ1) is 26.0. The van der Waals surface area contributed by atoms with Crippen LogP contribution >= 0.6 is 27.5 Å². The van der Waals surface area contributed by atoms with Gasteiger partial charge in [0.1, 0.15) is 12.4 Å². The van der Waals surface area contributed by atoms with Gasteiger partial charge in [-0.3, -0.25) is 14.9 Å². The van der Waals surface area contributed by atoms with Crippen LogP contribution in [0.25, 0.3) is 10.9 Å². The van der Waals surface area contributed by atoms with Crippen LogP contribution < -0.4 is 10.3 Å². The topological polar surface area (TPSA) is 137 Å². The third-order valence-corrected chi connectivity index (χ3v) is 6.09. The second-order valence-electron chi connectivity index (χ2n) is 7.81. The van der Waals surface area contributed by atoms with Crippen molar-refractivity contribution < 1.29 is 19.6 Å². The van der Waals surface area contributed by atoms with Gasteiger partial charge in [0.2, 0.25) is 5.75 Å². The Morgan fingerprint density at radius 2 is 2.05 bits per heavy atom. The van der Waals surface area contributed by atoms with E-state index in [0.29, 0.717) is 33.2 Å². The van der Waals surface area contributed by atoms with E-state index < -0.39 is 16.6 Å². The molecule has 1 N–H and O–H groups in total. The van der Waals surface area contributed by atoms with E-state index in [1.807, 2.05) is 6.92 Å². The number of fused-ring (bicyclic) bond motifs is 1. The van der Waals surface area contributed by atoms with Crippen molar-refractivity contribution in [3.05, 3.63) is 107 Å². The lowest BCUT2D eigenvalue weighted by atomic mass is 10.1. The molecule has 4 rings (SSSR count). The molecule has 3 aromatic carbocycles. The third-order valence-electron chi connectivity index (χ3n) is 5.31. The number of carbonyl (C=O) groups is 1. The summed E-state index contributed by atoms with van der Waals surface area (Å²) in [7, 11) is 0. The molecule has 0 aliphatic heterocycles. The van der Waals surface area contributed by atoms with Gasteiger partial charge in [-0.25, -0.2) is 9.78 Å². The highest BCUT2D eigenvalue weighted by atomic mass is 79.9. The fourth-order valence-electron chi connectivity index (χ4n) is 3.57. The minimum atomic E-state index is -1.10. The summed E-state index contributed by atoms with van der Waals surface area (Å²) in [6.07, 6.45) is 1.71. The molecular weight excluding hydrogens is 568 g/mol. The Morgan fingerprint density at radius 1 is 1.27 bits per heavy atom. The van der Waals surface area contributed by atoms with E-state index in [9.17, 15) is 19.7 Å². The van der Waals surface area contributed by atoms with Crippen molar-refractivity contribution in [3.8, 4) is 5.75 Å². The molecule has 0 saturated heterocycles. The first-order valence-electron chi connectivity index (χ1n) is 10.9. The fourth-order valence-corrected chi connectivity index (χ4v) is 4.21. The molecule has 0 spiro atoms. The summed E-state index contributed by atoms with van der Waals surface area (Å²) >= 11 is 9.67. The molecular formula is C25H18BrClN4O6. The van der Waals surface area contributed by atoms with Crippen LogP contribution in [0, 0.1) is 10.1 Å². The zero-order valence-electron chi connectivity index (χ0n) is 19.2. The summed E-state index contributed by atoms with van der Waals surface area (Å²) < 4.78 is 7.46. The van der Waals surface area contributed by atoms with Crippen LogP contribution in [0.4, 0.5) is 5.69 Å². The summed E-state index contributed by atoms with van der Waals surface area (Å²) in [5, 5.41) is 25.5. The van der Waals surface area contributed by atoms with E-state index >= 15 is 0 Å². The maximum absolute atomic E-state index is 13.1. The number of benzene rings is 3. The molecule has 10 nitrogen and oxygen atoms in total. The fraction of sp³-hybridized carbons (Fsp3) is 0.120. The zero-order valence-corrected chi connectivity index (χ0v) is 21.6. The number of nitro benzene ring substituents is 1. The molecule has 0 unspecified atom stereocenters. The number of aromatic nitrogens is 2. The Bertz CT molecular complexity index is 1640. The number of carboxylic acid groups (broad SMARTS) is 1. The number of carboxylic acids is 1. The molecule has 0 amide bonds. The number of hydrogen-bond donors (Lipinski definition) is 1. The second-order valence-corrected chi connectivity index (χ2v) is 9.13. The molecule has 0 radical (unpaired) electrons. The molecule has 0 aliphatic carbocycles. The molecule has 0 fully saturated rings. The number of aryl methyl sites for hydroxylation is 1. The Morgan fingerprint density at radius 3 is 2.76 bits per heavy atom. The zero-order chi connectivity index (χ0) is 26.7. The Labute approximate surface area is 223 Å². The lowest BCUT2D eigenvalue weighted by molar-refractivity contribution is -0.385. The highest BCUT2D eigenvalue weighted by Crippen LogP contribution is 2.36. The Balaban J connectivity index is 1.68. The van der Waals surface area contributed by atoms with Gasteiger partial charge in [-0.2, -0.15) is 9.78 Å². The van der Waals surface area contributed by atoms with Crippen molar-refractivity contribution in [2.75, 3.05) is 0 Å². The van der Waals surface area contributed by atoms with Crippen LogP contribution in [0.15, 0.2) is 69.0 Å². The van der Waals surface area contributed by atoms with Crippen molar-refractivity contribution in [3.63, 3.8) is 0 Å². The summed E-state index contributed by atoms with van der Waals surface area (Å²) in [6.45, 7) is 1.70. The number of hydrogen-bond acceptors (Lipinski definition) is 7. The lowest BCUT2D eigenvalue weighted by Crippen LogP contribution is -2.22. The molecule has 0 aliphatic rings. The van der Waals surface area contributed by atoms with Gasteiger partial charge < -0.3 is 9.84 Å². The van der Waals surface area contributed by atoms with E-state index in [1.54, 1.807) is 30.3 Å². The van der Waals surface area contributed by atoms with Gasteiger partial charge in [-0.1, -0.05) is 46.6 Å². The Kier molecular flexibility index (Phi) is 7.65. The molecule has 12 heteroatoms. The third kappa shape index (κ3) is 5.68. The number of halogens is 2. The van der Waals surface area contributed by atoms with Crippen LogP contribution in [0.3, 0.4) is 0 Å². The SMILES string of the molecule is CCc1nc2ccc(Br)cc2c(=O)n1N=Cc1cc(Cl)c(OCc2cccc(C(=O)O)c2)c([N+](=O)[O-])c1. The van der Waals surface area contributed by atoms with E-state index in [-0.39, 0.29) is 34.1 Å². The molecule has 1 heterocycles. The predicted octanol–water partition coefficient (Wildman–Crippen LogP) is 5.44. The standard InChI is InChI=1S/C25H18BrClN4O6/c1-2-22-29-20-7-6-17(26)11-18(20)24(32)30(22)28-12-15-9-19(27)23(21(10-15)31(35)36)37-13-14-4-3-5-16(8-14)25(33)34/h3-12H,2,13H2,1H3,(H,33,34). The van der Waals surface area contributed by atoms with Crippen LogP contribution in [-0.2, 0) is 13.0 Å². The van der Waals surface area contributed by atoms with E-state index in [0.717, 1.165) is 4.68 Å². The van der Waals surface area contributed by atoms with Gasteiger partial charge in [0.05, 0.1) is 32.6 Å². The molecule has 4 aromatic rings. The van der Waals surface area contributed by atoms with Crippen LogP contribution in [-0.4, -0.2) is 31.9 Å². The molecule has 1 aromatic heterocycles. The normalized spacial score (nSPS) is 11.2. The van der Waals surface area contributed by atoms with E-state index in [2.05, 4.69) is 26.0 Å². The second kappa shape index (κ2) is 10.9. The van der Waals surface area contributed by atoms with Crippen molar-refractivity contribution in [1.29, 1.82) is 0 Å². The molecule has 188 valence electrons.